The van der Waals surface area contributed by atoms with E-state index < -0.39 is 10.0 Å². The van der Waals surface area contributed by atoms with Crippen LogP contribution in [0, 0.1) is 0 Å². The fourth-order valence-corrected chi connectivity index (χ4v) is 3.21. The highest BCUT2D eigenvalue weighted by Gasteiger charge is 2.15. The van der Waals surface area contributed by atoms with Gasteiger partial charge in [-0.15, -0.1) is 0 Å². The monoisotopic (exact) mass is 376 g/mol. The second-order valence-electron chi connectivity index (χ2n) is 6.09. The molecule has 1 aliphatic heterocycles. The summed E-state index contributed by atoms with van der Waals surface area (Å²) >= 11 is 0. The molecule has 0 fully saturated rings. The summed E-state index contributed by atoms with van der Waals surface area (Å²) < 4.78 is 33.1. The lowest BCUT2D eigenvalue weighted by Crippen LogP contribution is -2.26. The van der Waals surface area contributed by atoms with Crippen LogP contribution in [0.1, 0.15) is 30.5 Å². The predicted octanol–water partition coefficient (Wildman–Crippen LogP) is 1.87. The molecule has 1 atom stereocenters. The summed E-state index contributed by atoms with van der Waals surface area (Å²) in [5, 5.41) is 7.98. The van der Waals surface area contributed by atoms with Crippen molar-refractivity contribution in [3.63, 3.8) is 0 Å². The number of benzene rings is 2. The number of aryl methyl sites for hydroxylation is 1. The number of ether oxygens (including phenoxy) is 2. The van der Waals surface area contributed by atoms with Crippen LogP contribution in [0.3, 0.4) is 0 Å². The van der Waals surface area contributed by atoms with Crippen LogP contribution in [-0.4, -0.2) is 21.1 Å². The summed E-state index contributed by atoms with van der Waals surface area (Å²) in [6, 6.07) is 11.5. The quantitative estimate of drug-likeness (QED) is 0.800. The lowest BCUT2D eigenvalue weighted by Gasteiger charge is -2.15. The number of fused-ring (bicyclic) bond motifs is 1. The van der Waals surface area contributed by atoms with Crippen molar-refractivity contribution in [2.45, 2.75) is 30.7 Å². The SMILES string of the molecule is C[C@H](NC(=O)CCc1ccc2c(c1)OCO2)c1ccc(S(N)(=O)=O)cc1. The summed E-state index contributed by atoms with van der Waals surface area (Å²) in [6.07, 6.45) is 0.915. The molecule has 2 aromatic rings. The first kappa shape index (κ1) is 18.2. The molecule has 2 aromatic carbocycles. The number of sulfonamides is 1. The van der Waals surface area contributed by atoms with Crippen LogP contribution in [0.15, 0.2) is 47.4 Å². The van der Waals surface area contributed by atoms with Gasteiger partial charge in [0.2, 0.25) is 22.7 Å². The third kappa shape index (κ3) is 4.33. The third-order valence-electron chi connectivity index (χ3n) is 4.16. The molecule has 0 unspecified atom stereocenters. The van der Waals surface area contributed by atoms with E-state index >= 15 is 0 Å². The second-order valence-corrected chi connectivity index (χ2v) is 7.65. The average Bonchev–Trinajstić information content (AvgIpc) is 3.07. The zero-order chi connectivity index (χ0) is 18.7. The van der Waals surface area contributed by atoms with Gasteiger partial charge < -0.3 is 14.8 Å². The lowest BCUT2D eigenvalue weighted by atomic mass is 10.1. The molecule has 3 N–H and O–H groups in total. The predicted molar refractivity (Wildman–Crippen MR) is 95.3 cm³/mol. The molecule has 0 aliphatic carbocycles. The van der Waals surface area contributed by atoms with Gasteiger partial charge in [0.1, 0.15) is 0 Å². The molecular formula is C18H20N2O5S. The largest absolute Gasteiger partial charge is 0.454 e. The Morgan fingerprint density at radius 2 is 1.85 bits per heavy atom. The van der Waals surface area contributed by atoms with Crippen LogP contribution < -0.4 is 19.9 Å². The number of nitrogens with two attached hydrogens (primary N) is 1. The van der Waals surface area contributed by atoms with E-state index in [0.29, 0.717) is 18.6 Å². The molecule has 3 rings (SSSR count). The fraction of sp³-hybridized carbons (Fsp3) is 0.278. The molecule has 1 aliphatic rings. The van der Waals surface area contributed by atoms with Crippen molar-refractivity contribution >= 4 is 15.9 Å². The Hall–Kier alpha value is -2.58. The van der Waals surface area contributed by atoms with Crippen LogP contribution in [0.4, 0.5) is 0 Å². The standard InChI is InChI=1S/C18H20N2O5S/c1-12(14-4-6-15(7-5-14)26(19,22)23)20-18(21)9-3-13-2-8-16-17(10-13)25-11-24-16/h2,4-8,10,12H,3,9,11H2,1H3,(H,20,21)(H2,19,22,23)/t12-/m0/s1. The van der Waals surface area contributed by atoms with Gasteiger partial charge in [-0.1, -0.05) is 18.2 Å². The molecule has 0 bridgehead atoms. The first-order valence-electron chi connectivity index (χ1n) is 8.13. The van der Waals surface area contributed by atoms with Crippen LogP contribution in [0.25, 0.3) is 0 Å². The number of hydrogen-bond donors (Lipinski definition) is 2. The molecule has 0 saturated carbocycles. The zero-order valence-corrected chi connectivity index (χ0v) is 15.1. The van der Waals surface area contributed by atoms with Crippen LogP contribution >= 0.6 is 0 Å². The lowest BCUT2D eigenvalue weighted by molar-refractivity contribution is -0.121. The molecule has 138 valence electrons. The van der Waals surface area contributed by atoms with Gasteiger partial charge in [0.15, 0.2) is 11.5 Å². The van der Waals surface area contributed by atoms with E-state index in [4.69, 9.17) is 14.6 Å². The molecular weight excluding hydrogens is 356 g/mol. The van der Waals surface area contributed by atoms with Crippen molar-refractivity contribution in [2.75, 3.05) is 6.79 Å². The summed E-state index contributed by atoms with van der Waals surface area (Å²) in [7, 11) is -3.72. The van der Waals surface area contributed by atoms with Crippen molar-refractivity contribution in [3.8, 4) is 11.5 Å². The average molecular weight is 376 g/mol. The molecule has 1 amide bonds. The Kier molecular flexibility index (Phi) is 5.15. The van der Waals surface area contributed by atoms with Gasteiger partial charge in [-0.3, -0.25) is 4.79 Å². The van der Waals surface area contributed by atoms with E-state index in [9.17, 15) is 13.2 Å². The molecule has 7 nitrogen and oxygen atoms in total. The van der Waals surface area contributed by atoms with Crippen molar-refractivity contribution < 1.29 is 22.7 Å². The summed E-state index contributed by atoms with van der Waals surface area (Å²) in [4.78, 5) is 12.2. The van der Waals surface area contributed by atoms with Gasteiger partial charge in [0.05, 0.1) is 10.9 Å². The Labute approximate surface area is 152 Å². The van der Waals surface area contributed by atoms with Crippen molar-refractivity contribution in [2.24, 2.45) is 5.14 Å². The van der Waals surface area contributed by atoms with Crippen LogP contribution in [0.5, 0.6) is 11.5 Å². The molecule has 26 heavy (non-hydrogen) atoms. The summed E-state index contributed by atoms with van der Waals surface area (Å²) in [6.45, 7) is 2.06. The Balaban J connectivity index is 1.54. The zero-order valence-electron chi connectivity index (χ0n) is 14.3. The van der Waals surface area contributed by atoms with Gasteiger partial charge in [0, 0.05) is 6.42 Å². The van der Waals surface area contributed by atoms with Gasteiger partial charge >= 0.3 is 0 Å². The van der Waals surface area contributed by atoms with Gasteiger partial charge in [-0.05, 0) is 48.7 Å². The van der Waals surface area contributed by atoms with Crippen molar-refractivity contribution in [1.29, 1.82) is 0 Å². The van der Waals surface area contributed by atoms with Gasteiger partial charge in [-0.2, -0.15) is 0 Å². The highest BCUT2D eigenvalue weighted by molar-refractivity contribution is 7.89. The first-order chi connectivity index (χ1) is 12.3. The first-order valence-corrected chi connectivity index (χ1v) is 9.68. The van der Waals surface area contributed by atoms with E-state index in [0.717, 1.165) is 16.9 Å². The number of rotatable bonds is 6. The maximum atomic E-state index is 12.2. The fourth-order valence-electron chi connectivity index (χ4n) is 2.70. The molecule has 1 heterocycles. The number of carbonyl (C=O) groups excluding carboxylic acids is 1. The minimum atomic E-state index is -3.72. The van der Waals surface area contributed by atoms with E-state index in [-0.39, 0.29) is 23.6 Å². The van der Waals surface area contributed by atoms with E-state index in [1.54, 1.807) is 12.1 Å². The number of amides is 1. The van der Waals surface area contributed by atoms with Gasteiger partial charge in [0.25, 0.3) is 0 Å². The van der Waals surface area contributed by atoms with E-state index in [2.05, 4.69) is 5.32 Å². The highest BCUT2D eigenvalue weighted by atomic mass is 32.2. The Morgan fingerprint density at radius 1 is 1.15 bits per heavy atom. The number of primary sulfonamides is 1. The van der Waals surface area contributed by atoms with E-state index in [1.807, 2.05) is 25.1 Å². The summed E-state index contributed by atoms with van der Waals surface area (Å²) in [5.41, 5.74) is 1.79. The second kappa shape index (κ2) is 7.35. The minimum absolute atomic E-state index is 0.0441. The van der Waals surface area contributed by atoms with Crippen molar-refractivity contribution in [1.82, 2.24) is 5.32 Å². The maximum Gasteiger partial charge on any atom is 0.238 e. The van der Waals surface area contributed by atoms with Gasteiger partial charge in [-0.25, -0.2) is 13.6 Å². The number of hydrogen-bond acceptors (Lipinski definition) is 5. The third-order valence-corrected chi connectivity index (χ3v) is 5.09. The molecule has 0 aromatic heterocycles. The van der Waals surface area contributed by atoms with Crippen LogP contribution in [0.2, 0.25) is 0 Å². The topological polar surface area (TPSA) is 108 Å². The molecule has 8 heteroatoms. The normalized spacial score (nSPS) is 14.1. The molecule has 0 saturated heterocycles. The van der Waals surface area contributed by atoms with Crippen molar-refractivity contribution in [3.05, 3.63) is 53.6 Å². The smallest absolute Gasteiger partial charge is 0.238 e. The maximum absolute atomic E-state index is 12.2. The Bertz CT molecular complexity index is 910. The number of nitrogens with one attached hydrogen (secondary N) is 1. The minimum Gasteiger partial charge on any atom is -0.454 e. The molecule has 0 spiro atoms. The van der Waals surface area contributed by atoms with Crippen LogP contribution in [-0.2, 0) is 21.2 Å². The number of carbonyl (C=O) groups is 1. The summed E-state index contributed by atoms with van der Waals surface area (Å²) in [5.74, 6) is 1.33. The molecule has 0 radical (unpaired) electrons. The Morgan fingerprint density at radius 3 is 2.54 bits per heavy atom. The van der Waals surface area contributed by atoms with E-state index in [1.165, 1.54) is 12.1 Å². The highest BCUT2D eigenvalue weighted by Crippen LogP contribution is 2.32.